The lowest BCUT2D eigenvalue weighted by Crippen LogP contribution is -2.12. The summed E-state index contributed by atoms with van der Waals surface area (Å²) in [4.78, 5) is 4.02. The van der Waals surface area contributed by atoms with Crippen molar-refractivity contribution in [1.82, 2.24) is 4.98 Å². The van der Waals surface area contributed by atoms with Gasteiger partial charge < -0.3 is 4.74 Å². The van der Waals surface area contributed by atoms with Crippen LogP contribution in [0.25, 0.3) is 0 Å². The van der Waals surface area contributed by atoms with Gasteiger partial charge in [-0.3, -0.25) is 4.72 Å². The molecule has 1 fully saturated rings. The third-order valence-corrected chi connectivity index (χ3v) is 3.07. The second-order valence-electron chi connectivity index (χ2n) is 3.69. The van der Waals surface area contributed by atoms with E-state index in [1.165, 1.54) is 0 Å². The average Bonchev–Trinajstić information content (AvgIpc) is 2.91. The summed E-state index contributed by atoms with van der Waals surface area (Å²) in [6.45, 7) is 0. The van der Waals surface area contributed by atoms with E-state index in [2.05, 4.69) is 32.3 Å². The number of halogens is 1. The maximum absolute atomic E-state index is 11.1. The summed E-state index contributed by atoms with van der Waals surface area (Å²) in [6, 6.07) is 1.78. The van der Waals surface area contributed by atoms with E-state index in [4.69, 9.17) is 4.74 Å². The Morgan fingerprint density at radius 2 is 2.25 bits per heavy atom. The summed E-state index contributed by atoms with van der Waals surface area (Å²) >= 11 is 2.11. The fraction of sp³-hybridized carbons (Fsp3) is 0.444. The molecule has 1 aliphatic carbocycles. The van der Waals surface area contributed by atoms with Crippen molar-refractivity contribution < 1.29 is 13.2 Å². The van der Waals surface area contributed by atoms with E-state index in [1.54, 1.807) is 12.3 Å². The Morgan fingerprint density at radius 1 is 1.56 bits per heavy atom. The van der Waals surface area contributed by atoms with E-state index < -0.39 is 10.0 Å². The second kappa shape index (κ2) is 4.36. The summed E-state index contributed by atoms with van der Waals surface area (Å²) in [5.41, 5.74) is 0. The van der Waals surface area contributed by atoms with Gasteiger partial charge in [-0.15, -0.1) is 0 Å². The number of ether oxygens (including phenoxy) is 1. The van der Waals surface area contributed by atoms with E-state index in [0.29, 0.717) is 5.75 Å². The minimum Gasteiger partial charge on any atom is -0.486 e. The number of nitrogens with zero attached hydrogens (tertiary/aromatic N) is 1. The van der Waals surface area contributed by atoms with Crippen LogP contribution in [-0.2, 0) is 10.0 Å². The van der Waals surface area contributed by atoms with Crippen LogP contribution >= 0.6 is 22.6 Å². The molecule has 16 heavy (non-hydrogen) atoms. The Bertz CT molecular complexity index is 499. The number of sulfonamides is 1. The zero-order chi connectivity index (χ0) is 11.8. The Hall–Kier alpha value is -0.570. The molecule has 5 nitrogen and oxygen atoms in total. The molecule has 1 heterocycles. The first-order valence-corrected chi connectivity index (χ1v) is 7.71. The van der Waals surface area contributed by atoms with E-state index >= 15 is 0 Å². The topological polar surface area (TPSA) is 68.3 Å². The van der Waals surface area contributed by atoms with Gasteiger partial charge in [-0.2, -0.15) is 0 Å². The van der Waals surface area contributed by atoms with Crippen LogP contribution in [0.5, 0.6) is 5.75 Å². The summed E-state index contributed by atoms with van der Waals surface area (Å²) < 4.78 is 31.1. The summed E-state index contributed by atoms with van der Waals surface area (Å²) in [6.07, 6.45) is 4.93. The van der Waals surface area contributed by atoms with Crippen molar-refractivity contribution in [3.63, 3.8) is 0 Å². The molecule has 1 N–H and O–H groups in total. The summed E-state index contributed by atoms with van der Waals surface area (Å²) in [7, 11) is -3.32. The fourth-order valence-corrected chi connectivity index (χ4v) is 2.05. The standard InChI is InChI=1S/C9H11IN2O3S/c1-16(13,14)12-9-8(15-7-2-3-7)4-6(10)5-11-9/h4-5,7H,2-3H2,1H3,(H,11,12). The van der Waals surface area contributed by atoms with Crippen LogP contribution < -0.4 is 9.46 Å². The molecule has 2 rings (SSSR count). The van der Waals surface area contributed by atoms with E-state index in [1.807, 2.05) is 0 Å². The largest absolute Gasteiger partial charge is 0.486 e. The Balaban J connectivity index is 2.27. The van der Waals surface area contributed by atoms with Crippen molar-refractivity contribution in [3.05, 3.63) is 15.8 Å². The predicted octanol–water partition coefficient (Wildman–Crippen LogP) is 1.60. The quantitative estimate of drug-likeness (QED) is 0.834. The Kier molecular flexibility index (Phi) is 3.24. The highest BCUT2D eigenvalue weighted by atomic mass is 127. The molecule has 0 spiro atoms. The lowest BCUT2D eigenvalue weighted by Gasteiger charge is -2.10. The van der Waals surface area contributed by atoms with Crippen LogP contribution in [0, 0.1) is 3.57 Å². The number of rotatable bonds is 4. The molecule has 0 aliphatic heterocycles. The second-order valence-corrected chi connectivity index (χ2v) is 6.69. The highest BCUT2D eigenvalue weighted by Crippen LogP contribution is 2.32. The predicted molar refractivity (Wildman–Crippen MR) is 69.1 cm³/mol. The molecule has 0 aromatic carbocycles. The number of anilines is 1. The molecule has 0 saturated heterocycles. The highest BCUT2D eigenvalue weighted by Gasteiger charge is 2.25. The Labute approximate surface area is 108 Å². The lowest BCUT2D eigenvalue weighted by atomic mass is 10.4. The average molecular weight is 354 g/mol. The smallest absolute Gasteiger partial charge is 0.231 e. The number of hydrogen-bond donors (Lipinski definition) is 1. The third kappa shape index (κ3) is 3.48. The van der Waals surface area contributed by atoms with Crippen LogP contribution in [0.3, 0.4) is 0 Å². The van der Waals surface area contributed by atoms with Gasteiger partial charge >= 0.3 is 0 Å². The van der Waals surface area contributed by atoms with Gasteiger partial charge in [0.1, 0.15) is 0 Å². The molecule has 7 heteroatoms. The SMILES string of the molecule is CS(=O)(=O)Nc1ncc(I)cc1OC1CC1. The van der Waals surface area contributed by atoms with Gasteiger partial charge in [-0.05, 0) is 41.5 Å². The number of pyridine rings is 1. The van der Waals surface area contributed by atoms with Crippen molar-refractivity contribution in [3.8, 4) is 5.75 Å². The summed E-state index contributed by atoms with van der Waals surface area (Å²) in [5, 5.41) is 0. The summed E-state index contributed by atoms with van der Waals surface area (Å²) in [5.74, 6) is 0.759. The van der Waals surface area contributed by atoms with Gasteiger partial charge in [0, 0.05) is 9.77 Å². The van der Waals surface area contributed by atoms with Gasteiger partial charge in [0.05, 0.1) is 12.4 Å². The minimum absolute atomic E-state index is 0.208. The first kappa shape index (κ1) is 11.9. The van der Waals surface area contributed by atoms with Crippen molar-refractivity contribution >= 4 is 38.4 Å². The number of hydrogen-bond acceptors (Lipinski definition) is 4. The monoisotopic (exact) mass is 354 g/mol. The third-order valence-electron chi connectivity index (χ3n) is 1.92. The van der Waals surface area contributed by atoms with Gasteiger partial charge in [-0.25, -0.2) is 13.4 Å². The minimum atomic E-state index is -3.32. The van der Waals surface area contributed by atoms with E-state index in [-0.39, 0.29) is 11.9 Å². The highest BCUT2D eigenvalue weighted by molar-refractivity contribution is 14.1. The van der Waals surface area contributed by atoms with Crippen molar-refractivity contribution in [2.45, 2.75) is 18.9 Å². The molecule has 0 unspecified atom stereocenters. The van der Waals surface area contributed by atoms with Gasteiger partial charge in [-0.1, -0.05) is 0 Å². The molecule has 1 aromatic rings. The zero-order valence-electron chi connectivity index (χ0n) is 8.60. The number of aromatic nitrogens is 1. The lowest BCUT2D eigenvalue weighted by molar-refractivity contribution is 0.303. The maximum Gasteiger partial charge on any atom is 0.231 e. The van der Waals surface area contributed by atoms with Crippen molar-refractivity contribution in [1.29, 1.82) is 0 Å². The molecule has 1 aliphatic rings. The van der Waals surface area contributed by atoms with Crippen LogP contribution in [0.15, 0.2) is 12.3 Å². The molecule has 1 aromatic heterocycles. The molecule has 0 atom stereocenters. The van der Waals surface area contributed by atoms with Gasteiger partial charge in [0.25, 0.3) is 0 Å². The van der Waals surface area contributed by atoms with Crippen LogP contribution in [0.4, 0.5) is 5.82 Å². The molecular formula is C9H11IN2O3S. The normalized spacial score (nSPS) is 15.9. The number of nitrogens with one attached hydrogen (secondary N) is 1. The molecule has 0 bridgehead atoms. The zero-order valence-corrected chi connectivity index (χ0v) is 11.6. The molecule has 88 valence electrons. The fourth-order valence-electron chi connectivity index (χ4n) is 1.13. The first-order chi connectivity index (χ1) is 7.44. The van der Waals surface area contributed by atoms with Crippen LogP contribution in [0.1, 0.15) is 12.8 Å². The molecular weight excluding hydrogens is 343 g/mol. The Morgan fingerprint density at radius 3 is 2.81 bits per heavy atom. The van der Waals surface area contributed by atoms with Crippen LogP contribution in [-0.4, -0.2) is 25.8 Å². The van der Waals surface area contributed by atoms with E-state index in [0.717, 1.165) is 22.7 Å². The molecule has 0 amide bonds. The molecule has 0 radical (unpaired) electrons. The van der Waals surface area contributed by atoms with Crippen molar-refractivity contribution in [2.24, 2.45) is 0 Å². The van der Waals surface area contributed by atoms with Crippen LogP contribution in [0.2, 0.25) is 0 Å². The maximum atomic E-state index is 11.1. The first-order valence-electron chi connectivity index (χ1n) is 4.74. The van der Waals surface area contributed by atoms with Crippen molar-refractivity contribution in [2.75, 3.05) is 11.0 Å². The van der Waals surface area contributed by atoms with Gasteiger partial charge in [0.15, 0.2) is 11.6 Å². The van der Waals surface area contributed by atoms with Gasteiger partial charge in [0.2, 0.25) is 10.0 Å². The van der Waals surface area contributed by atoms with E-state index in [9.17, 15) is 8.42 Å². The molecule has 1 saturated carbocycles.